The van der Waals surface area contributed by atoms with Crippen molar-refractivity contribution in [3.05, 3.63) is 29.8 Å². The van der Waals surface area contributed by atoms with Gasteiger partial charge in [0.15, 0.2) is 0 Å². The number of nitrogens with one attached hydrogen (secondary N) is 1. The summed E-state index contributed by atoms with van der Waals surface area (Å²) in [4.78, 5) is 11.2. The Bertz CT molecular complexity index is 405. The summed E-state index contributed by atoms with van der Waals surface area (Å²) in [6.07, 6.45) is 0.938. The van der Waals surface area contributed by atoms with Crippen molar-refractivity contribution in [2.75, 3.05) is 5.73 Å². The number of hydrazone groups is 1. The van der Waals surface area contributed by atoms with Gasteiger partial charge in [0.1, 0.15) is 5.60 Å². The van der Waals surface area contributed by atoms with Crippen LogP contribution in [0.2, 0.25) is 0 Å². The Kier molecular flexibility index (Phi) is 4.09. The molecule has 1 aromatic rings. The van der Waals surface area contributed by atoms with Gasteiger partial charge in [-0.3, -0.25) is 0 Å². The summed E-state index contributed by atoms with van der Waals surface area (Å²) in [5.41, 5.74) is 8.82. The Morgan fingerprint density at radius 3 is 2.47 bits per heavy atom. The Morgan fingerprint density at radius 2 is 1.94 bits per heavy atom. The zero-order valence-electron chi connectivity index (χ0n) is 10.2. The van der Waals surface area contributed by atoms with Crippen LogP contribution < -0.4 is 11.2 Å². The highest BCUT2D eigenvalue weighted by molar-refractivity contribution is 5.81. The van der Waals surface area contributed by atoms with Gasteiger partial charge in [0.25, 0.3) is 0 Å². The van der Waals surface area contributed by atoms with Gasteiger partial charge in [-0.2, -0.15) is 5.10 Å². The van der Waals surface area contributed by atoms with Crippen LogP contribution in [0, 0.1) is 0 Å². The lowest BCUT2D eigenvalue weighted by molar-refractivity contribution is 0.0529. The lowest BCUT2D eigenvalue weighted by atomic mass is 10.2. The summed E-state index contributed by atoms with van der Waals surface area (Å²) in [6, 6.07) is 7.12. The summed E-state index contributed by atoms with van der Waals surface area (Å²) in [6.45, 7) is 5.36. The number of carbonyl (C=O) groups excluding carboxylic acids is 1. The lowest BCUT2D eigenvalue weighted by Gasteiger charge is -2.18. The largest absolute Gasteiger partial charge is 0.443 e. The molecule has 0 aliphatic carbocycles. The average Bonchev–Trinajstić information content (AvgIpc) is 2.18. The number of hydrogen-bond acceptors (Lipinski definition) is 4. The molecule has 0 saturated heterocycles. The third kappa shape index (κ3) is 5.55. The fourth-order valence-electron chi connectivity index (χ4n) is 1.04. The van der Waals surface area contributed by atoms with Gasteiger partial charge in [0.2, 0.25) is 0 Å². The first-order valence-electron chi connectivity index (χ1n) is 5.24. The summed E-state index contributed by atoms with van der Waals surface area (Å²) in [5, 5.41) is 3.77. The summed E-state index contributed by atoms with van der Waals surface area (Å²) >= 11 is 0. The number of ether oxygens (including phenoxy) is 1. The molecule has 0 heterocycles. The molecular formula is C12H17N3O2. The van der Waals surface area contributed by atoms with Gasteiger partial charge in [0, 0.05) is 5.69 Å². The van der Waals surface area contributed by atoms with Crippen LogP contribution >= 0.6 is 0 Å². The van der Waals surface area contributed by atoms with E-state index in [1.54, 1.807) is 45.0 Å². The molecule has 17 heavy (non-hydrogen) atoms. The van der Waals surface area contributed by atoms with E-state index >= 15 is 0 Å². The van der Waals surface area contributed by atoms with E-state index in [2.05, 4.69) is 10.5 Å². The lowest BCUT2D eigenvalue weighted by Crippen LogP contribution is -2.29. The molecule has 1 amide bonds. The number of carbonyl (C=O) groups is 1. The van der Waals surface area contributed by atoms with Gasteiger partial charge in [-0.1, -0.05) is 12.1 Å². The van der Waals surface area contributed by atoms with Crippen molar-refractivity contribution in [1.29, 1.82) is 0 Å². The molecule has 1 rings (SSSR count). The Hall–Kier alpha value is -2.04. The molecule has 0 fully saturated rings. The third-order valence-electron chi connectivity index (χ3n) is 1.70. The second-order valence-corrected chi connectivity index (χ2v) is 4.54. The van der Waals surface area contributed by atoms with E-state index in [0.717, 1.165) is 5.56 Å². The summed E-state index contributed by atoms with van der Waals surface area (Å²) in [7, 11) is 0. The number of hydrogen-bond donors (Lipinski definition) is 2. The fraction of sp³-hybridized carbons (Fsp3) is 0.333. The van der Waals surface area contributed by atoms with Gasteiger partial charge in [-0.15, -0.1) is 0 Å². The molecule has 5 nitrogen and oxygen atoms in total. The van der Waals surface area contributed by atoms with Crippen molar-refractivity contribution >= 4 is 18.0 Å². The Morgan fingerprint density at radius 1 is 1.35 bits per heavy atom. The van der Waals surface area contributed by atoms with E-state index in [4.69, 9.17) is 10.5 Å². The molecule has 0 bridgehead atoms. The van der Waals surface area contributed by atoms with Crippen molar-refractivity contribution < 1.29 is 9.53 Å². The number of anilines is 1. The van der Waals surface area contributed by atoms with E-state index in [-0.39, 0.29) is 0 Å². The molecule has 0 saturated carbocycles. The minimum Gasteiger partial charge on any atom is -0.443 e. The molecule has 3 N–H and O–H groups in total. The maximum absolute atomic E-state index is 11.2. The first-order chi connectivity index (χ1) is 7.87. The first-order valence-corrected chi connectivity index (χ1v) is 5.24. The van der Waals surface area contributed by atoms with Gasteiger partial charge in [0.05, 0.1) is 6.21 Å². The number of nitrogens with zero attached hydrogens (tertiary/aromatic N) is 1. The molecule has 0 spiro atoms. The van der Waals surface area contributed by atoms with Gasteiger partial charge in [-0.25, -0.2) is 10.2 Å². The van der Waals surface area contributed by atoms with Crippen LogP contribution in [0.1, 0.15) is 26.3 Å². The maximum atomic E-state index is 11.2. The number of benzene rings is 1. The molecule has 0 aliphatic heterocycles. The number of rotatable bonds is 2. The van der Waals surface area contributed by atoms with Crippen LogP contribution in [0.3, 0.4) is 0 Å². The van der Waals surface area contributed by atoms with Gasteiger partial charge >= 0.3 is 6.09 Å². The molecule has 0 aromatic heterocycles. The van der Waals surface area contributed by atoms with Crippen molar-refractivity contribution in [2.24, 2.45) is 5.10 Å². The molecule has 92 valence electrons. The molecule has 0 atom stereocenters. The Balaban J connectivity index is 2.45. The van der Waals surface area contributed by atoms with Crippen LogP contribution in [0.25, 0.3) is 0 Å². The molecule has 0 aliphatic rings. The van der Waals surface area contributed by atoms with Crippen LogP contribution in [-0.2, 0) is 4.74 Å². The second kappa shape index (κ2) is 5.34. The second-order valence-electron chi connectivity index (χ2n) is 4.54. The van der Waals surface area contributed by atoms with Crippen LogP contribution in [-0.4, -0.2) is 17.9 Å². The van der Waals surface area contributed by atoms with Crippen molar-refractivity contribution in [1.82, 2.24) is 5.43 Å². The minimum absolute atomic E-state index is 0.527. The Labute approximate surface area is 101 Å². The van der Waals surface area contributed by atoms with E-state index in [9.17, 15) is 4.79 Å². The highest BCUT2D eigenvalue weighted by Gasteiger charge is 2.15. The molecule has 1 aromatic carbocycles. The van der Waals surface area contributed by atoms with Gasteiger partial charge < -0.3 is 10.5 Å². The fourth-order valence-corrected chi connectivity index (χ4v) is 1.04. The predicted molar refractivity (Wildman–Crippen MR) is 67.8 cm³/mol. The van der Waals surface area contributed by atoms with Crippen LogP contribution in [0.15, 0.2) is 29.4 Å². The van der Waals surface area contributed by atoms with Crippen molar-refractivity contribution in [3.63, 3.8) is 0 Å². The number of nitrogens with two attached hydrogens (primary N) is 1. The average molecular weight is 235 g/mol. The topological polar surface area (TPSA) is 76.7 Å². The summed E-state index contributed by atoms with van der Waals surface area (Å²) in [5.74, 6) is 0. The minimum atomic E-state index is -0.579. The van der Waals surface area contributed by atoms with Crippen molar-refractivity contribution in [2.45, 2.75) is 26.4 Å². The quantitative estimate of drug-likeness (QED) is 0.468. The SMILES string of the molecule is CC(C)(C)OC(=O)NN=Cc1ccc(N)cc1. The standard InChI is InChI=1S/C12H17N3O2/c1-12(2,3)17-11(16)15-14-8-9-4-6-10(13)7-5-9/h4-8H,13H2,1-3H3,(H,15,16). The van der Waals surface area contributed by atoms with E-state index in [1.807, 2.05) is 0 Å². The normalized spacial score (nSPS) is 11.5. The number of nitrogen functional groups attached to an aromatic ring is 1. The smallest absolute Gasteiger partial charge is 0.428 e. The highest BCUT2D eigenvalue weighted by atomic mass is 16.6. The predicted octanol–water partition coefficient (Wildman–Crippen LogP) is 2.13. The zero-order valence-corrected chi connectivity index (χ0v) is 10.2. The first kappa shape index (κ1) is 13.0. The van der Waals surface area contributed by atoms with Gasteiger partial charge in [-0.05, 0) is 38.5 Å². The van der Waals surface area contributed by atoms with E-state index in [0.29, 0.717) is 5.69 Å². The van der Waals surface area contributed by atoms with Crippen molar-refractivity contribution in [3.8, 4) is 0 Å². The molecule has 0 unspecified atom stereocenters. The van der Waals surface area contributed by atoms with Crippen LogP contribution in [0.4, 0.5) is 10.5 Å². The summed E-state index contributed by atoms with van der Waals surface area (Å²) < 4.78 is 5.01. The molecule has 0 radical (unpaired) electrons. The van der Waals surface area contributed by atoms with Crippen LogP contribution in [0.5, 0.6) is 0 Å². The zero-order chi connectivity index (χ0) is 12.9. The monoisotopic (exact) mass is 235 g/mol. The maximum Gasteiger partial charge on any atom is 0.428 e. The van der Waals surface area contributed by atoms with E-state index < -0.39 is 11.7 Å². The number of amides is 1. The highest BCUT2D eigenvalue weighted by Crippen LogP contribution is 2.06. The third-order valence-corrected chi connectivity index (χ3v) is 1.70. The molecule has 5 heteroatoms. The van der Waals surface area contributed by atoms with E-state index in [1.165, 1.54) is 6.21 Å². The molecular weight excluding hydrogens is 218 g/mol.